The summed E-state index contributed by atoms with van der Waals surface area (Å²) in [6.07, 6.45) is 1.66. The Morgan fingerprint density at radius 2 is 1.85 bits per heavy atom. The second-order valence-corrected chi connectivity index (χ2v) is 7.84. The molecule has 6 nitrogen and oxygen atoms in total. The van der Waals surface area contributed by atoms with E-state index in [1.807, 2.05) is 42.5 Å². The summed E-state index contributed by atoms with van der Waals surface area (Å²) in [5, 5.41) is 8.32. The number of fused-ring (bicyclic) bond motifs is 2. The van der Waals surface area contributed by atoms with Gasteiger partial charge in [-0.05, 0) is 17.7 Å². The molecule has 8 heteroatoms. The lowest BCUT2D eigenvalue weighted by Crippen LogP contribution is -2.13. The Labute approximate surface area is 161 Å². The molecule has 0 fully saturated rings. The number of thiazole rings is 1. The molecule has 27 heavy (non-hydrogen) atoms. The van der Waals surface area contributed by atoms with Crippen LogP contribution < -0.4 is 4.87 Å². The topological polar surface area (TPSA) is 76.5 Å². The largest absolute Gasteiger partial charge is 0.313 e. The zero-order valence-corrected chi connectivity index (χ0v) is 15.6. The van der Waals surface area contributed by atoms with Crippen LogP contribution in [0.15, 0.2) is 70.7 Å². The monoisotopic (exact) mass is 391 g/mol. The van der Waals surface area contributed by atoms with E-state index in [0.717, 1.165) is 21.4 Å². The number of nitrogens with one attached hydrogen (secondary N) is 1. The molecule has 0 bridgehead atoms. The minimum Gasteiger partial charge on any atom is -0.261 e. The second-order valence-electron chi connectivity index (χ2n) is 5.91. The van der Waals surface area contributed by atoms with Crippen molar-refractivity contribution in [2.45, 2.75) is 10.9 Å². The summed E-state index contributed by atoms with van der Waals surface area (Å²) in [5.74, 6) is 1.31. The standard InChI is InChI=1S/C19H13N5OS2/c25-19-24(14-8-4-5-9-15(14)27-19)17-13-10-20-23-16(13)21-18(22-17)26-11-12-6-2-1-3-7-12/h1-10H,11H2,(H,20,21,22,23). The highest BCUT2D eigenvalue weighted by atomic mass is 32.2. The van der Waals surface area contributed by atoms with Crippen molar-refractivity contribution < 1.29 is 0 Å². The SMILES string of the molecule is O=c1sc2ccccc2n1-c1nc(SCc2ccccc2)nc2[nH]ncc12. The average molecular weight is 391 g/mol. The van der Waals surface area contributed by atoms with E-state index in [4.69, 9.17) is 4.98 Å². The van der Waals surface area contributed by atoms with Gasteiger partial charge in [0.15, 0.2) is 16.6 Å². The molecule has 132 valence electrons. The molecular weight excluding hydrogens is 378 g/mol. The van der Waals surface area contributed by atoms with Crippen LogP contribution in [0.25, 0.3) is 27.1 Å². The van der Waals surface area contributed by atoms with Crippen molar-refractivity contribution in [1.29, 1.82) is 0 Å². The minimum absolute atomic E-state index is 0.0728. The highest BCUT2D eigenvalue weighted by molar-refractivity contribution is 7.98. The summed E-state index contributed by atoms with van der Waals surface area (Å²) < 4.78 is 2.57. The molecule has 0 amide bonds. The third-order valence-electron chi connectivity index (χ3n) is 4.18. The molecule has 0 atom stereocenters. The first-order valence-corrected chi connectivity index (χ1v) is 10.1. The molecule has 2 aromatic carbocycles. The molecule has 0 spiro atoms. The molecule has 0 aliphatic rings. The number of hydrogen-bond donors (Lipinski definition) is 1. The first-order valence-electron chi connectivity index (χ1n) is 8.28. The van der Waals surface area contributed by atoms with Crippen molar-refractivity contribution in [2.75, 3.05) is 0 Å². The van der Waals surface area contributed by atoms with Gasteiger partial charge in [-0.15, -0.1) is 0 Å². The molecule has 3 heterocycles. The molecule has 0 saturated carbocycles. The van der Waals surface area contributed by atoms with Crippen LogP contribution in [-0.2, 0) is 5.75 Å². The Bertz CT molecular complexity index is 1310. The van der Waals surface area contributed by atoms with Crippen LogP contribution in [-0.4, -0.2) is 24.7 Å². The lowest BCUT2D eigenvalue weighted by molar-refractivity contribution is 0.919. The molecule has 1 N–H and O–H groups in total. The molecular formula is C19H13N5OS2. The minimum atomic E-state index is -0.0728. The quantitative estimate of drug-likeness (QED) is 0.370. The van der Waals surface area contributed by atoms with E-state index >= 15 is 0 Å². The van der Waals surface area contributed by atoms with Crippen molar-refractivity contribution in [2.24, 2.45) is 0 Å². The summed E-state index contributed by atoms with van der Waals surface area (Å²) in [6, 6.07) is 17.9. The zero-order valence-electron chi connectivity index (χ0n) is 14.0. The fourth-order valence-electron chi connectivity index (χ4n) is 2.92. The van der Waals surface area contributed by atoms with Gasteiger partial charge < -0.3 is 0 Å². The first kappa shape index (κ1) is 16.2. The van der Waals surface area contributed by atoms with E-state index in [2.05, 4.69) is 27.3 Å². The zero-order chi connectivity index (χ0) is 18.2. The van der Waals surface area contributed by atoms with Gasteiger partial charge in [0.2, 0.25) is 0 Å². The molecule has 5 rings (SSSR count). The van der Waals surface area contributed by atoms with Crippen LogP contribution in [0.3, 0.4) is 0 Å². The second kappa shape index (κ2) is 6.64. The lowest BCUT2D eigenvalue weighted by Gasteiger charge is -2.07. The Kier molecular flexibility index (Phi) is 3.99. The Hall–Kier alpha value is -2.97. The van der Waals surface area contributed by atoms with Crippen molar-refractivity contribution in [3.8, 4) is 5.82 Å². The summed E-state index contributed by atoms with van der Waals surface area (Å²) in [4.78, 5) is 21.9. The van der Waals surface area contributed by atoms with Gasteiger partial charge in [-0.2, -0.15) is 5.10 Å². The van der Waals surface area contributed by atoms with Crippen LogP contribution in [0.2, 0.25) is 0 Å². The van der Waals surface area contributed by atoms with Crippen molar-refractivity contribution >= 4 is 44.3 Å². The molecule has 3 aromatic heterocycles. The van der Waals surface area contributed by atoms with Crippen molar-refractivity contribution in [3.63, 3.8) is 0 Å². The average Bonchev–Trinajstić information content (AvgIpc) is 3.30. The van der Waals surface area contributed by atoms with Gasteiger partial charge in [0.05, 0.1) is 21.8 Å². The summed E-state index contributed by atoms with van der Waals surface area (Å²) >= 11 is 2.74. The molecule has 0 aliphatic heterocycles. The van der Waals surface area contributed by atoms with E-state index < -0.39 is 0 Å². The van der Waals surface area contributed by atoms with Crippen LogP contribution in [0.5, 0.6) is 0 Å². The van der Waals surface area contributed by atoms with E-state index in [1.165, 1.54) is 28.7 Å². The van der Waals surface area contributed by atoms with E-state index in [1.54, 1.807) is 10.8 Å². The number of hydrogen-bond acceptors (Lipinski definition) is 6. The number of benzene rings is 2. The highest BCUT2D eigenvalue weighted by Gasteiger charge is 2.16. The van der Waals surface area contributed by atoms with Crippen LogP contribution >= 0.6 is 23.1 Å². The van der Waals surface area contributed by atoms with Crippen molar-refractivity contribution in [3.05, 3.63) is 76.0 Å². The van der Waals surface area contributed by atoms with Gasteiger partial charge >= 0.3 is 4.87 Å². The Morgan fingerprint density at radius 1 is 1.04 bits per heavy atom. The third-order valence-corrected chi connectivity index (χ3v) is 6.02. The molecule has 0 radical (unpaired) electrons. The number of aromatic amines is 1. The third kappa shape index (κ3) is 2.92. The van der Waals surface area contributed by atoms with E-state index in [0.29, 0.717) is 16.6 Å². The predicted octanol–water partition coefficient (Wildman–Crippen LogP) is 4.01. The summed E-state index contributed by atoms with van der Waals surface area (Å²) in [6.45, 7) is 0. The maximum Gasteiger partial charge on any atom is 0.313 e. The van der Waals surface area contributed by atoms with Gasteiger partial charge in [0.25, 0.3) is 0 Å². The Morgan fingerprint density at radius 3 is 2.74 bits per heavy atom. The molecule has 0 aliphatic carbocycles. The highest BCUT2D eigenvalue weighted by Crippen LogP contribution is 2.27. The number of para-hydroxylation sites is 1. The summed E-state index contributed by atoms with van der Waals surface area (Å²) in [7, 11) is 0. The van der Waals surface area contributed by atoms with Gasteiger partial charge in [0, 0.05) is 5.75 Å². The fourth-order valence-corrected chi connectivity index (χ4v) is 4.59. The fraction of sp³-hybridized carbons (Fsp3) is 0.0526. The number of H-pyrrole nitrogens is 1. The van der Waals surface area contributed by atoms with Gasteiger partial charge in [-0.1, -0.05) is 65.6 Å². The van der Waals surface area contributed by atoms with Gasteiger partial charge in [-0.3, -0.25) is 14.5 Å². The van der Waals surface area contributed by atoms with E-state index in [-0.39, 0.29) is 4.87 Å². The molecule has 5 aromatic rings. The van der Waals surface area contributed by atoms with Crippen LogP contribution in [0.1, 0.15) is 5.56 Å². The molecule has 0 saturated heterocycles. The normalized spacial score (nSPS) is 11.4. The lowest BCUT2D eigenvalue weighted by atomic mass is 10.2. The predicted molar refractivity (Wildman–Crippen MR) is 109 cm³/mol. The van der Waals surface area contributed by atoms with Crippen LogP contribution in [0, 0.1) is 0 Å². The van der Waals surface area contributed by atoms with Crippen molar-refractivity contribution in [1.82, 2.24) is 24.7 Å². The maximum atomic E-state index is 12.7. The van der Waals surface area contributed by atoms with Gasteiger partial charge in [0.1, 0.15) is 0 Å². The van der Waals surface area contributed by atoms with Crippen LogP contribution in [0.4, 0.5) is 0 Å². The number of rotatable bonds is 4. The van der Waals surface area contributed by atoms with E-state index in [9.17, 15) is 4.79 Å². The smallest absolute Gasteiger partial charge is 0.261 e. The molecule has 0 unspecified atom stereocenters. The van der Waals surface area contributed by atoms with Gasteiger partial charge in [-0.25, -0.2) is 9.97 Å². The number of thioether (sulfide) groups is 1. The first-order chi connectivity index (χ1) is 13.3. The maximum absolute atomic E-state index is 12.7. The number of aromatic nitrogens is 5. The summed E-state index contributed by atoms with van der Waals surface area (Å²) in [5.41, 5.74) is 2.65. The Balaban J connectivity index is 1.64. The number of nitrogens with zero attached hydrogens (tertiary/aromatic N) is 4.